The number of pyridine rings is 1. The van der Waals surface area contributed by atoms with E-state index in [9.17, 15) is 18.4 Å². The van der Waals surface area contributed by atoms with Gasteiger partial charge < -0.3 is 20.1 Å². The number of ether oxygens (including phenoxy) is 2. The van der Waals surface area contributed by atoms with Crippen LogP contribution < -0.4 is 15.2 Å². The van der Waals surface area contributed by atoms with E-state index < -0.39 is 58.6 Å². The Morgan fingerprint density at radius 1 is 1.24 bits per heavy atom. The molecular formula is C25H25F4N5O4. The lowest BCUT2D eigenvalue weighted by Gasteiger charge is -2.18. The zero-order chi connectivity index (χ0) is 27.9. The molecule has 1 saturated heterocycles. The number of halogens is 4. The van der Waals surface area contributed by atoms with Gasteiger partial charge in [0.15, 0.2) is 28.9 Å². The summed E-state index contributed by atoms with van der Waals surface area (Å²) in [7, 11) is 2.20. The molecule has 1 aromatic carbocycles. The minimum atomic E-state index is -3.98. The summed E-state index contributed by atoms with van der Waals surface area (Å²) in [4.78, 5) is 29.9. The van der Waals surface area contributed by atoms with Crippen molar-refractivity contribution in [3.8, 4) is 11.5 Å². The monoisotopic (exact) mass is 535 g/mol. The molecule has 1 fully saturated rings. The number of nitrogens with two attached hydrogens (primary N) is 1. The number of carbonyl (C=O) groups is 2. The van der Waals surface area contributed by atoms with E-state index >= 15 is 8.78 Å². The van der Waals surface area contributed by atoms with Crippen LogP contribution in [0.4, 0.5) is 23.4 Å². The number of rotatable bonds is 8. The fraction of sp³-hybridized carbons (Fsp3) is 0.360. The van der Waals surface area contributed by atoms with Crippen molar-refractivity contribution in [3.63, 3.8) is 0 Å². The molecule has 3 aromatic rings. The van der Waals surface area contributed by atoms with Gasteiger partial charge in [-0.1, -0.05) is 6.58 Å². The molecule has 2 N–H and O–H groups in total. The number of Topliss-reactive ketones (excluding diaryl/α,β-unsaturated/α-hetero) is 1. The number of likely N-dealkylation sites (tertiary alicyclic amines) is 1. The maximum absolute atomic E-state index is 15.9. The summed E-state index contributed by atoms with van der Waals surface area (Å²) in [6, 6.07) is 0.324. The molecule has 2 aromatic heterocycles. The number of carbonyl (C=O) groups excluding carboxylic acids is 2. The maximum atomic E-state index is 15.9. The van der Waals surface area contributed by atoms with Crippen LogP contribution in [0.25, 0.3) is 10.9 Å². The summed E-state index contributed by atoms with van der Waals surface area (Å²) in [5.41, 5.74) is 4.10. The van der Waals surface area contributed by atoms with Gasteiger partial charge in [0, 0.05) is 37.3 Å². The molecule has 1 aliphatic heterocycles. The highest BCUT2D eigenvalue weighted by Gasteiger charge is 2.43. The molecule has 202 valence electrons. The van der Waals surface area contributed by atoms with Crippen LogP contribution in [-0.2, 0) is 17.1 Å². The Bertz CT molecular complexity index is 1430. The molecule has 0 spiro atoms. The van der Waals surface area contributed by atoms with Crippen LogP contribution in [0.1, 0.15) is 41.0 Å². The topological polar surface area (TPSA) is 113 Å². The lowest BCUT2D eigenvalue weighted by atomic mass is 9.99. The predicted molar refractivity (Wildman–Crippen MR) is 129 cm³/mol. The number of benzene rings is 1. The fourth-order valence-corrected chi connectivity index (χ4v) is 4.64. The van der Waals surface area contributed by atoms with Gasteiger partial charge in [-0.3, -0.25) is 14.3 Å². The third kappa shape index (κ3) is 4.41. The first kappa shape index (κ1) is 26.9. The lowest BCUT2D eigenvalue weighted by molar-refractivity contribution is -0.125. The van der Waals surface area contributed by atoms with Gasteiger partial charge in [-0.15, -0.1) is 0 Å². The zero-order valence-corrected chi connectivity index (χ0v) is 20.9. The SMILES string of the molecule is C=CC(=O)N1CC[C@H](n2nc(C(F)(F)Cc3c(F)c(OC)cc(OC)c3F)c3c(N)ncc(C(C)=O)c32)C1. The number of aromatic nitrogens is 3. The second-order valence-corrected chi connectivity index (χ2v) is 8.83. The van der Waals surface area contributed by atoms with Crippen molar-refractivity contribution < 1.29 is 36.6 Å². The quantitative estimate of drug-likeness (QED) is 0.265. The smallest absolute Gasteiger partial charge is 0.296 e. The van der Waals surface area contributed by atoms with Crippen molar-refractivity contribution in [2.24, 2.45) is 0 Å². The van der Waals surface area contributed by atoms with Gasteiger partial charge in [-0.25, -0.2) is 13.8 Å². The molecule has 4 rings (SSSR count). The normalized spacial score (nSPS) is 15.7. The van der Waals surface area contributed by atoms with Gasteiger partial charge in [-0.05, 0) is 19.4 Å². The average molecular weight is 535 g/mol. The molecule has 3 heterocycles. The van der Waals surface area contributed by atoms with E-state index in [0.717, 1.165) is 32.6 Å². The molecule has 0 saturated carbocycles. The number of hydrogen-bond donors (Lipinski definition) is 1. The minimum absolute atomic E-state index is 0.00161. The highest BCUT2D eigenvalue weighted by Crippen LogP contribution is 2.43. The molecule has 9 nitrogen and oxygen atoms in total. The van der Waals surface area contributed by atoms with E-state index in [2.05, 4.69) is 16.7 Å². The standard InChI is InChI=1S/C25H25F4N5O4/c1-5-18(36)33-7-6-13(11-33)34-22-15(12(2)35)10-31-24(30)19(22)23(32-34)25(28,29)9-14-20(26)16(37-3)8-17(38-4)21(14)27/h5,8,10,13H,1,6-7,9,11H2,2-4H3,(H2,30,31)/t13-/m0/s1. The van der Waals surface area contributed by atoms with Crippen molar-refractivity contribution in [2.45, 2.75) is 31.7 Å². The summed E-state index contributed by atoms with van der Waals surface area (Å²) in [5, 5.41) is 3.82. The Kier molecular flexibility index (Phi) is 7.04. The molecule has 1 amide bonds. The Labute approximate surface area is 214 Å². The number of alkyl halides is 2. The van der Waals surface area contributed by atoms with Gasteiger partial charge >= 0.3 is 0 Å². The largest absolute Gasteiger partial charge is 0.494 e. The summed E-state index contributed by atoms with van der Waals surface area (Å²) >= 11 is 0. The second-order valence-electron chi connectivity index (χ2n) is 8.83. The number of nitrogens with zero attached hydrogens (tertiary/aromatic N) is 4. The van der Waals surface area contributed by atoms with E-state index in [1.54, 1.807) is 0 Å². The maximum Gasteiger partial charge on any atom is 0.296 e. The van der Waals surface area contributed by atoms with Crippen LogP contribution >= 0.6 is 0 Å². The fourth-order valence-electron chi connectivity index (χ4n) is 4.64. The molecule has 0 bridgehead atoms. The zero-order valence-electron chi connectivity index (χ0n) is 20.9. The first-order chi connectivity index (χ1) is 17.9. The van der Waals surface area contributed by atoms with E-state index in [0.29, 0.717) is 13.0 Å². The van der Waals surface area contributed by atoms with E-state index in [4.69, 9.17) is 15.2 Å². The number of hydrogen-bond acceptors (Lipinski definition) is 7. The lowest BCUT2D eigenvalue weighted by Crippen LogP contribution is -2.27. The number of nitrogen functional groups attached to an aromatic ring is 1. The van der Waals surface area contributed by atoms with Crippen molar-refractivity contribution in [1.29, 1.82) is 0 Å². The van der Waals surface area contributed by atoms with Gasteiger partial charge in [-0.2, -0.15) is 13.9 Å². The minimum Gasteiger partial charge on any atom is -0.494 e. The van der Waals surface area contributed by atoms with Crippen LogP contribution in [0.3, 0.4) is 0 Å². The number of fused-ring (bicyclic) bond motifs is 1. The van der Waals surface area contributed by atoms with Crippen molar-refractivity contribution in [2.75, 3.05) is 33.0 Å². The van der Waals surface area contributed by atoms with Crippen LogP contribution in [0.2, 0.25) is 0 Å². The van der Waals surface area contributed by atoms with Gasteiger partial charge in [0.05, 0.1) is 36.7 Å². The Hall–Kier alpha value is -4.16. The molecule has 38 heavy (non-hydrogen) atoms. The first-order valence-corrected chi connectivity index (χ1v) is 11.5. The molecule has 0 aliphatic carbocycles. The Morgan fingerprint density at radius 3 is 2.42 bits per heavy atom. The molecule has 1 aliphatic rings. The van der Waals surface area contributed by atoms with Gasteiger partial charge in [0.2, 0.25) is 5.91 Å². The third-order valence-corrected chi connectivity index (χ3v) is 6.54. The number of amides is 1. The summed E-state index contributed by atoms with van der Waals surface area (Å²) in [5.74, 6) is -8.76. The number of anilines is 1. The molecule has 0 unspecified atom stereocenters. The predicted octanol–water partition coefficient (Wildman–Crippen LogP) is 3.81. The molecule has 0 radical (unpaired) electrons. The van der Waals surface area contributed by atoms with Gasteiger partial charge in [0.1, 0.15) is 11.5 Å². The first-order valence-electron chi connectivity index (χ1n) is 11.5. The number of methoxy groups -OCH3 is 2. The summed E-state index contributed by atoms with van der Waals surface area (Å²) in [6.07, 6.45) is 1.18. The van der Waals surface area contributed by atoms with Crippen LogP contribution in [0.15, 0.2) is 24.9 Å². The third-order valence-electron chi connectivity index (χ3n) is 6.54. The van der Waals surface area contributed by atoms with Crippen molar-refractivity contribution in [1.82, 2.24) is 19.7 Å². The second kappa shape index (κ2) is 9.95. The van der Waals surface area contributed by atoms with Crippen LogP contribution in [0, 0.1) is 11.6 Å². The van der Waals surface area contributed by atoms with Gasteiger partial charge in [0.25, 0.3) is 5.92 Å². The molecule has 1 atom stereocenters. The van der Waals surface area contributed by atoms with Crippen molar-refractivity contribution in [3.05, 3.63) is 53.4 Å². The van der Waals surface area contributed by atoms with E-state index in [1.165, 1.54) is 16.5 Å². The highest BCUT2D eigenvalue weighted by atomic mass is 19.3. The average Bonchev–Trinajstić information content (AvgIpc) is 3.53. The van der Waals surface area contributed by atoms with Crippen molar-refractivity contribution >= 4 is 28.4 Å². The Morgan fingerprint density at radius 2 is 1.87 bits per heavy atom. The van der Waals surface area contributed by atoms with Crippen LogP contribution in [-0.4, -0.2) is 58.7 Å². The number of ketones is 1. The highest BCUT2D eigenvalue weighted by molar-refractivity contribution is 6.08. The Balaban J connectivity index is 1.91. The van der Waals surface area contributed by atoms with E-state index in [-0.39, 0.29) is 34.7 Å². The molecule has 13 heteroatoms. The molecular weight excluding hydrogens is 510 g/mol. The van der Waals surface area contributed by atoms with E-state index in [1.807, 2.05) is 0 Å². The summed E-state index contributed by atoms with van der Waals surface area (Å²) < 4.78 is 72.7. The van der Waals surface area contributed by atoms with Crippen LogP contribution in [0.5, 0.6) is 11.5 Å². The summed E-state index contributed by atoms with van der Waals surface area (Å²) in [6.45, 7) is 5.11.